The normalized spacial score (nSPS) is 17.4. The van der Waals surface area contributed by atoms with E-state index in [0.29, 0.717) is 17.5 Å². The van der Waals surface area contributed by atoms with Crippen LogP contribution >= 0.6 is 0 Å². The number of hydrogen-bond donors (Lipinski definition) is 12. The van der Waals surface area contributed by atoms with E-state index >= 15 is 0 Å². The Morgan fingerprint density at radius 1 is 0.635 bits per heavy atom. The SMILES string of the molecule is CC(C)C[C@H](NC(=O)[C@H](Cc1ccccc1)NC(=O)[C@@H]1CCC(=O)N1)C(=O)N[C@@H](Cc1ccccc1)C(=O)N[C@@H](CCC(N)=O)C(=O)N1CCC[C@H]1C(=O)N[C@@H](CCCN=C(N)N)C(=O)N[C@@H](CC(N)=O)C(N)=O. The Morgan fingerprint density at radius 2 is 1.16 bits per heavy atom. The van der Waals surface area contributed by atoms with Crippen molar-refractivity contribution in [3.63, 3.8) is 0 Å². The summed E-state index contributed by atoms with van der Waals surface area (Å²) in [5.41, 5.74) is 28.3. The molecular formula is C49H70N14O11. The van der Waals surface area contributed by atoms with Crippen LogP contribution in [0.3, 0.4) is 0 Å². The molecule has 0 unspecified atom stereocenters. The summed E-state index contributed by atoms with van der Waals surface area (Å²) >= 11 is 0. The number of guanidine groups is 1. The van der Waals surface area contributed by atoms with Crippen LogP contribution in [-0.4, -0.2) is 137 Å². The van der Waals surface area contributed by atoms with Gasteiger partial charge in [-0.1, -0.05) is 74.5 Å². The van der Waals surface area contributed by atoms with E-state index < -0.39 is 114 Å². The fourth-order valence-corrected chi connectivity index (χ4v) is 8.50. The van der Waals surface area contributed by atoms with Crippen molar-refractivity contribution in [1.82, 2.24) is 42.1 Å². The van der Waals surface area contributed by atoms with E-state index in [1.54, 1.807) is 60.7 Å². The Bertz CT molecular complexity index is 2370. The number of amides is 11. The summed E-state index contributed by atoms with van der Waals surface area (Å²) < 4.78 is 0. The van der Waals surface area contributed by atoms with E-state index in [4.69, 9.17) is 28.7 Å². The molecule has 8 atom stereocenters. The van der Waals surface area contributed by atoms with Crippen molar-refractivity contribution in [2.24, 2.45) is 39.6 Å². The maximum atomic E-state index is 14.5. The second-order valence-electron chi connectivity index (χ2n) is 18.8. The molecule has 0 spiro atoms. The highest BCUT2D eigenvalue weighted by atomic mass is 16.2. The molecule has 2 heterocycles. The number of likely N-dealkylation sites (tertiary alicyclic amines) is 1. The van der Waals surface area contributed by atoms with Crippen molar-refractivity contribution >= 4 is 70.9 Å². The molecule has 0 saturated carbocycles. The molecule has 2 fully saturated rings. The van der Waals surface area contributed by atoms with Crippen LogP contribution in [-0.2, 0) is 65.6 Å². The lowest BCUT2D eigenvalue weighted by Gasteiger charge is -2.31. The lowest BCUT2D eigenvalue weighted by molar-refractivity contribution is -0.143. The van der Waals surface area contributed by atoms with Crippen molar-refractivity contribution in [3.8, 4) is 0 Å². The topological polar surface area (TPSA) is 418 Å². The predicted octanol–water partition coefficient (Wildman–Crippen LogP) is -3.62. The maximum Gasteiger partial charge on any atom is 0.245 e. The Hall–Kier alpha value is -8.12. The molecule has 0 bridgehead atoms. The summed E-state index contributed by atoms with van der Waals surface area (Å²) in [5.74, 6) is -8.84. The lowest BCUT2D eigenvalue weighted by Crippen LogP contribution is -2.60. The minimum absolute atomic E-state index is 0.0192. The van der Waals surface area contributed by atoms with E-state index in [1.807, 2.05) is 13.8 Å². The second kappa shape index (κ2) is 28.8. The van der Waals surface area contributed by atoms with Gasteiger partial charge in [-0.15, -0.1) is 0 Å². The van der Waals surface area contributed by atoms with Crippen LogP contribution in [0.15, 0.2) is 65.7 Å². The summed E-state index contributed by atoms with van der Waals surface area (Å²) in [6.45, 7) is 3.72. The van der Waals surface area contributed by atoms with Gasteiger partial charge in [0.25, 0.3) is 0 Å². The smallest absolute Gasteiger partial charge is 0.245 e. The van der Waals surface area contributed by atoms with Crippen molar-refractivity contribution in [2.45, 2.75) is 139 Å². The number of nitrogens with zero attached hydrogens (tertiary/aromatic N) is 2. The average Bonchev–Trinajstić information content (AvgIpc) is 4.02. The summed E-state index contributed by atoms with van der Waals surface area (Å²) in [5, 5.41) is 18.5. The second-order valence-corrected chi connectivity index (χ2v) is 18.8. The van der Waals surface area contributed by atoms with Gasteiger partial charge in [0, 0.05) is 38.8 Å². The third kappa shape index (κ3) is 19.1. The first-order valence-corrected chi connectivity index (χ1v) is 24.5. The van der Waals surface area contributed by atoms with Gasteiger partial charge in [-0.2, -0.15) is 0 Å². The fourth-order valence-electron chi connectivity index (χ4n) is 8.50. The average molecular weight is 1030 g/mol. The van der Waals surface area contributed by atoms with Gasteiger partial charge in [-0.3, -0.25) is 57.7 Å². The van der Waals surface area contributed by atoms with Crippen LogP contribution in [0.25, 0.3) is 0 Å². The summed E-state index contributed by atoms with van der Waals surface area (Å²) in [4.78, 5) is 151. The van der Waals surface area contributed by atoms with E-state index in [-0.39, 0.29) is 95.1 Å². The van der Waals surface area contributed by atoms with Crippen LogP contribution < -0.4 is 65.9 Å². The van der Waals surface area contributed by atoms with Gasteiger partial charge in [-0.25, -0.2) is 0 Å². The molecule has 2 aromatic rings. The molecule has 0 aromatic heterocycles. The zero-order valence-electron chi connectivity index (χ0n) is 41.6. The largest absolute Gasteiger partial charge is 0.370 e. The van der Waals surface area contributed by atoms with Crippen LogP contribution in [0.4, 0.5) is 0 Å². The van der Waals surface area contributed by atoms with Crippen LogP contribution in [0, 0.1) is 5.92 Å². The third-order valence-corrected chi connectivity index (χ3v) is 12.3. The molecule has 74 heavy (non-hydrogen) atoms. The number of rotatable bonds is 29. The molecule has 2 aliphatic heterocycles. The number of benzene rings is 2. The summed E-state index contributed by atoms with van der Waals surface area (Å²) in [6, 6.07) is 7.31. The zero-order valence-corrected chi connectivity index (χ0v) is 41.6. The van der Waals surface area contributed by atoms with Gasteiger partial charge in [-0.05, 0) is 62.0 Å². The molecule has 25 heteroatoms. The molecule has 0 radical (unpaired) electrons. The Kier molecular flexibility index (Phi) is 22.7. The van der Waals surface area contributed by atoms with Gasteiger partial charge < -0.3 is 70.8 Å². The summed E-state index contributed by atoms with van der Waals surface area (Å²) in [6.07, 6.45) is -0.378. The quantitative estimate of drug-likeness (QED) is 0.0213. The highest BCUT2D eigenvalue weighted by molar-refractivity contribution is 5.99. The zero-order chi connectivity index (χ0) is 54.5. The maximum absolute atomic E-state index is 14.5. The van der Waals surface area contributed by atoms with E-state index in [2.05, 4.69) is 42.2 Å². The van der Waals surface area contributed by atoms with Gasteiger partial charge in [0.05, 0.1) is 6.42 Å². The molecule has 402 valence electrons. The Balaban J connectivity index is 1.59. The lowest BCUT2D eigenvalue weighted by atomic mass is 9.99. The molecule has 0 aliphatic carbocycles. The van der Waals surface area contributed by atoms with Crippen LogP contribution in [0.2, 0.25) is 0 Å². The number of nitrogens with one attached hydrogen (secondary N) is 7. The van der Waals surface area contributed by atoms with E-state index in [0.717, 1.165) is 0 Å². The molecule has 2 aromatic carbocycles. The van der Waals surface area contributed by atoms with Gasteiger partial charge in [0.1, 0.15) is 48.3 Å². The predicted molar refractivity (Wildman–Crippen MR) is 269 cm³/mol. The molecule has 4 rings (SSSR count). The number of nitrogens with two attached hydrogens (primary N) is 5. The van der Waals surface area contributed by atoms with Crippen molar-refractivity contribution in [2.75, 3.05) is 13.1 Å². The summed E-state index contributed by atoms with van der Waals surface area (Å²) in [7, 11) is 0. The molecule has 17 N–H and O–H groups in total. The number of carbonyl (C=O) groups is 11. The Labute approximate surface area is 428 Å². The minimum atomic E-state index is -1.50. The number of aliphatic imine (C=N–C) groups is 1. The van der Waals surface area contributed by atoms with Crippen molar-refractivity contribution in [1.29, 1.82) is 0 Å². The minimum Gasteiger partial charge on any atom is -0.370 e. The first kappa shape index (κ1) is 58.5. The highest BCUT2D eigenvalue weighted by Gasteiger charge is 2.41. The van der Waals surface area contributed by atoms with Gasteiger partial charge in [0.2, 0.25) is 65.0 Å². The third-order valence-electron chi connectivity index (χ3n) is 12.3. The molecule has 25 nitrogen and oxygen atoms in total. The van der Waals surface area contributed by atoms with E-state index in [9.17, 15) is 52.7 Å². The molecule has 11 amide bonds. The fraction of sp³-hybridized carbons (Fsp3) is 0.510. The van der Waals surface area contributed by atoms with Gasteiger partial charge in [0.15, 0.2) is 5.96 Å². The first-order chi connectivity index (χ1) is 35.1. The van der Waals surface area contributed by atoms with E-state index in [1.165, 1.54) is 4.90 Å². The molecule has 2 saturated heterocycles. The van der Waals surface area contributed by atoms with Crippen LogP contribution in [0.1, 0.15) is 89.2 Å². The highest BCUT2D eigenvalue weighted by Crippen LogP contribution is 2.21. The van der Waals surface area contributed by atoms with Crippen LogP contribution in [0.5, 0.6) is 0 Å². The number of carbonyl (C=O) groups excluding carboxylic acids is 11. The number of primary amides is 3. The molecule has 2 aliphatic rings. The molecular weight excluding hydrogens is 961 g/mol. The first-order valence-electron chi connectivity index (χ1n) is 24.5. The van der Waals surface area contributed by atoms with Crippen molar-refractivity contribution < 1.29 is 52.7 Å². The van der Waals surface area contributed by atoms with Gasteiger partial charge >= 0.3 is 0 Å². The van der Waals surface area contributed by atoms with Crippen molar-refractivity contribution in [3.05, 3.63) is 71.8 Å². The standard InChI is InChI=1S/C49H70N14O11/c1-27(2)23-34(60-46(72)36(25-29-13-7-4-8-14-29)61-43(69)31-18-20-40(66)56-31)44(70)62-35(24-28-11-5-3-6-12-28)45(71)58-32(17-19-38(50)64)48(74)63-22-10-16-37(63)47(73)57-30(15-9-21-55-49(53)54)42(68)59-33(41(52)67)26-39(51)65/h3-8,11-14,27,30-37H,9-10,15-26H2,1-2H3,(H2,50,64)(H2,51,65)(H2,52,67)(H,56,66)(H,57,73)(H,58,71)(H,59,68)(H,60,72)(H,61,69)(H,62,70)(H4,53,54,55)/t30-,31-,32-,33-,34-,35-,36-,37-/m0/s1. The Morgan fingerprint density at radius 3 is 1.69 bits per heavy atom. The number of hydrogen-bond acceptors (Lipinski definition) is 12. The monoisotopic (exact) mass is 1030 g/mol.